The summed E-state index contributed by atoms with van der Waals surface area (Å²) in [4.78, 5) is 4.65. The molecule has 84 valence electrons. The van der Waals surface area contributed by atoms with Gasteiger partial charge in [-0.1, -0.05) is 48.0 Å². The van der Waals surface area contributed by atoms with Crippen molar-refractivity contribution >= 4 is 17.8 Å². The van der Waals surface area contributed by atoms with Gasteiger partial charge in [-0.05, 0) is 12.1 Å². The van der Waals surface area contributed by atoms with Crippen molar-refractivity contribution in [3.63, 3.8) is 0 Å². The van der Waals surface area contributed by atoms with E-state index in [9.17, 15) is 0 Å². The second-order valence-corrected chi connectivity index (χ2v) is 4.33. The molecular weight excluding hydrogens is 232 g/mol. The Morgan fingerprint density at radius 1 is 1.00 bits per heavy atom. The van der Waals surface area contributed by atoms with Gasteiger partial charge in [0.25, 0.3) is 0 Å². The van der Waals surface area contributed by atoms with Crippen molar-refractivity contribution in [1.29, 1.82) is 0 Å². The Balaban J connectivity index is 2.10. The molecule has 2 aromatic rings. The number of nitrogens with zero attached hydrogens (tertiary/aromatic N) is 1. The standard InChI is InChI=1S/C14H11ClN2/c15-12-7-3-2-6-11(12)14-16-9-10-5-1-4-8-13(10)17-14/h1-9,14,16H. The minimum atomic E-state index is -0.0985. The minimum absolute atomic E-state index is 0.0985. The third-order valence-electron chi connectivity index (χ3n) is 2.80. The zero-order chi connectivity index (χ0) is 11.7. The smallest absolute Gasteiger partial charge is 0.146 e. The molecule has 1 aliphatic heterocycles. The summed E-state index contributed by atoms with van der Waals surface area (Å²) in [5, 5.41) is 6.10. The van der Waals surface area contributed by atoms with Gasteiger partial charge in [0.05, 0.1) is 5.36 Å². The lowest BCUT2D eigenvalue weighted by Gasteiger charge is -2.17. The SMILES string of the molecule is Clc1ccccc1C1N=c2ccccc2=CN1. The molecule has 0 spiro atoms. The predicted molar refractivity (Wildman–Crippen MR) is 69.0 cm³/mol. The number of fused-ring (bicyclic) bond motifs is 1. The van der Waals surface area contributed by atoms with Crippen LogP contribution in [0.4, 0.5) is 0 Å². The van der Waals surface area contributed by atoms with Crippen LogP contribution in [0.25, 0.3) is 6.20 Å². The first-order valence-electron chi connectivity index (χ1n) is 5.48. The molecule has 3 rings (SSSR count). The number of benzene rings is 2. The van der Waals surface area contributed by atoms with Crippen molar-refractivity contribution in [1.82, 2.24) is 5.32 Å². The fourth-order valence-electron chi connectivity index (χ4n) is 1.93. The molecule has 1 atom stereocenters. The van der Waals surface area contributed by atoms with Crippen molar-refractivity contribution in [3.05, 3.63) is 69.7 Å². The average Bonchev–Trinajstić information content (AvgIpc) is 2.39. The predicted octanol–water partition coefficient (Wildman–Crippen LogP) is 2.00. The van der Waals surface area contributed by atoms with Crippen LogP contribution in [0.1, 0.15) is 11.7 Å². The number of nitrogens with one attached hydrogen (secondary N) is 1. The van der Waals surface area contributed by atoms with Crippen LogP contribution < -0.4 is 15.9 Å². The highest BCUT2D eigenvalue weighted by molar-refractivity contribution is 6.31. The molecule has 2 nitrogen and oxygen atoms in total. The first kappa shape index (κ1) is 10.4. The van der Waals surface area contributed by atoms with Gasteiger partial charge < -0.3 is 5.32 Å². The molecule has 0 amide bonds. The molecule has 1 N–H and O–H groups in total. The van der Waals surface area contributed by atoms with E-state index in [1.54, 1.807) is 0 Å². The first-order chi connectivity index (χ1) is 8.34. The first-order valence-corrected chi connectivity index (χ1v) is 5.86. The molecular formula is C14H11ClN2. The van der Waals surface area contributed by atoms with Gasteiger partial charge in [0, 0.05) is 22.0 Å². The fraction of sp³-hybridized carbons (Fsp3) is 0.0714. The third-order valence-corrected chi connectivity index (χ3v) is 3.15. The zero-order valence-electron chi connectivity index (χ0n) is 9.10. The number of para-hydroxylation sites is 1. The number of halogens is 1. The monoisotopic (exact) mass is 242 g/mol. The van der Waals surface area contributed by atoms with Crippen LogP contribution in [-0.2, 0) is 0 Å². The van der Waals surface area contributed by atoms with E-state index in [2.05, 4.69) is 10.3 Å². The summed E-state index contributed by atoms with van der Waals surface area (Å²) in [6, 6.07) is 15.8. The van der Waals surface area contributed by atoms with Gasteiger partial charge in [0.1, 0.15) is 6.17 Å². The molecule has 3 heteroatoms. The highest BCUT2D eigenvalue weighted by atomic mass is 35.5. The number of hydrogen-bond donors (Lipinski definition) is 1. The fourth-order valence-corrected chi connectivity index (χ4v) is 2.17. The van der Waals surface area contributed by atoms with E-state index in [1.165, 1.54) is 0 Å². The van der Waals surface area contributed by atoms with Crippen molar-refractivity contribution in [2.75, 3.05) is 0 Å². The van der Waals surface area contributed by atoms with Gasteiger partial charge in [-0.25, -0.2) is 0 Å². The second-order valence-electron chi connectivity index (χ2n) is 3.92. The van der Waals surface area contributed by atoms with Gasteiger partial charge in [0.15, 0.2) is 0 Å². The van der Waals surface area contributed by atoms with Gasteiger partial charge in [-0.3, -0.25) is 4.99 Å². The molecule has 1 unspecified atom stereocenters. The topological polar surface area (TPSA) is 24.4 Å². The largest absolute Gasteiger partial charge is 0.365 e. The Bertz CT molecular complexity index is 664. The highest BCUT2D eigenvalue weighted by Gasteiger charge is 2.12. The van der Waals surface area contributed by atoms with E-state index >= 15 is 0 Å². The number of hydrogen-bond acceptors (Lipinski definition) is 2. The molecule has 2 aromatic carbocycles. The van der Waals surface area contributed by atoms with Gasteiger partial charge in [-0.15, -0.1) is 0 Å². The summed E-state index contributed by atoms with van der Waals surface area (Å²) in [5.74, 6) is 0. The maximum absolute atomic E-state index is 6.17. The Hall–Kier alpha value is -1.80. The zero-order valence-corrected chi connectivity index (χ0v) is 9.85. The van der Waals surface area contributed by atoms with E-state index in [4.69, 9.17) is 11.6 Å². The summed E-state index contributed by atoms with van der Waals surface area (Å²) in [6.07, 6.45) is 1.88. The lowest BCUT2D eigenvalue weighted by Crippen LogP contribution is -2.34. The van der Waals surface area contributed by atoms with E-state index < -0.39 is 0 Å². The van der Waals surface area contributed by atoms with Crippen LogP contribution in [0.15, 0.2) is 53.5 Å². The number of rotatable bonds is 1. The van der Waals surface area contributed by atoms with Crippen LogP contribution >= 0.6 is 11.6 Å². The highest BCUT2D eigenvalue weighted by Crippen LogP contribution is 2.23. The van der Waals surface area contributed by atoms with Crippen molar-refractivity contribution in [2.45, 2.75) is 6.17 Å². The summed E-state index contributed by atoms with van der Waals surface area (Å²) in [7, 11) is 0. The summed E-state index contributed by atoms with van der Waals surface area (Å²) < 4.78 is 0. The van der Waals surface area contributed by atoms with Gasteiger partial charge in [0.2, 0.25) is 0 Å². The molecule has 0 aliphatic carbocycles. The van der Waals surface area contributed by atoms with Crippen LogP contribution in [0.5, 0.6) is 0 Å². The summed E-state index contributed by atoms with van der Waals surface area (Å²) in [6.45, 7) is 0. The Kier molecular flexibility index (Phi) is 2.57. The summed E-state index contributed by atoms with van der Waals surface area (Å²) in [5.41, 5.74) is 1.000. The van der Waals surface area contributed by atoms with Crippen LogP contribution in [0.3, 0.4) is 0 Å². The lowest BCUT2D eigenvalue weighted by molar-refractivity contribution is 0.648. The maximum Gasteiger partial charge on any atom is 0.146 e. The molecule has 0 saturated heterocycles. The molecule has 0 fully saturated rings. The average molecular weight is 243 g/mol. The molecule has 1 heterocycles. The lowest BCUT2D eigenvalue weighted by atomic mass is 10.1. The molecule has 0 saturated carbocycles. The normalized spacial score (nSPS) is 17.4. The molecule has 1 aliphatic rings. The molecule has 0 radical (unpaired) electrons. The summed E-state index contributed by atoms with van der Waals surface area (Å²) >= 11 is 6.17. The third kappa shape index (κ3) is 1.92. The molecule has 0 aromatic heterocycles. The van der Waals surface area contributed by atoms with Crippen molar-refractivity contribution in [3.8, 4) is 0 Å². The van der Waals surface area contributed by atoms with E-state index in [-0.39, 0.29) is 6.17 Å². The molecule has 0 bridgehead atoms. The van der Waals surface area contributed by atoms with Crippen LogP contribution in [0, 0.1) is 0 Å². The van der Waals surface area contributed by atoms with Crippen LogP contribution in [-0.4, -0.2) is 0 Å². The maximum atomic E-state index is 6.17. The quantitative estimate of drug-likeness (QED) is 0.813. The van der Waals surface area contributed by atoms with E-state index in [0.717, 1.165) is 21.2 Å². The minimum Gasteiger partial charge on any atom is -0.365 e. The Morgan fingerprint density at radius 2 is 1.76 bits per heavy atom. The second kappa shape index (κ2) is 4.22. The Morgan fingerprint density at radius 3 is 2.65 bits per heavy atom. The van der Waals surface area contributed by atoms with E-state index in [1.807, 2.05) is 54.7 Å². The van der Waals surface area contributed by atoms with Crippen LogP contribution in [0.2, 0.25) is 5.02 Å². The van der Waals surface area contributed by atoms with Crippen molar-refractivity contribution < 1.29 is 0 Å². The van der Waals surface area contributed by atoms with E-state index in [0.29, 0.717) is 0 Å². The Labute approximate surface area is 104 Å². The van der Waals surface area contributed by atoms with Gasteiger partial charge >= 0.3 is 0 Å². The van der Waals surface area contributed by atoms with Crippen molar-refractivity contribution in [2.24, 2.45) is 4.99 Å². The van der Waals surface area contributed by atoms with Gasteiger partial charge in [-0.2, -0.15) is 0 Å². The molecule has 17 heavy (non-hydrogen) atoms.